The molecule has 0 bridgehead atoms. The fourth-order valence-corrected chi connectivity index (χ4v) is 1.58. The maximum absolute atomic E-state index is 11.8. The predicted molar refractivity (Wildman–Crippen MR) is 75.9 cm³/mol. The molecule has 7 nitrogen and oxygen atoms in total. The maximum Gasteiger partial charge on any atom is 0.293 e. The molecule has 1 aromatic rings. The molecule has 1 amide bonds. The fraction of sp³-hybridized carbons (Fsp3) is 0.462. The second kappa shape index (κ2) is 6.85. The van der Waals surface area contributed by atoms with Crippen LogP contribution in [-0.2, 0) is 0 Å². The predicted octanol–water partition coefficient (Wildman–Crippen LogP) is 1.53. The van der Waals surface area contributed by atoms with Crippen LogP contribution >= 0.6 is 0 Å². The highest BCUT2D eigenvalue weighted by Crippen LogP contribution is 2.25. The molecule has 1 atom stereocenters. The lowest BCUT2D eigenvalue weighted by atomic mass is 10.1. The number of hydrogen-bond acceptors (Lipinski definition) is 5. The molecule has 20 heavy (non-hydrogen) atoms. The van der Waals surface area contributed by atoms with Crippen LogP contribution in [0.4, 0.5) is 11.4 Å². The number of amides is 1. The van der Waals surface area contributed by atoms with Gasteiger partial charge >= 0.3 is 0 Å². The molecule has 0 fully saturated rings. The summed E-state index contributed by atoms with van der Waals surface area (Å²) in [5.41, 5.74) is 0.312. The number of hydrogen-bond donors (Lipinski definition) is 3. The first-order chi connectivity index (χ1) is 9.31. The van der Waals surface area contributed by atoms with Gasteiger partial charge in [0.15, 0.2) is 0 Å². The average molecular weight is 281 g/mol. The lowest BCUT2D eigenvalue weighted by Gasteiger charge is -2.11. The summed E-state index contributed by atoms with van der Waals surface area (Å²) < 4.78 is 0. The summed E-state index contributed by atoms with van der Waals surface area (Å²) in [6, 6.07) is 4.15. The smallest absolute Gasteiger partial charge is 0.293 e. The Bertz CT molecular complexity index is 500. The monoisotopic (exact) mass is 281 g/mol. The van der Waals surface area contributed by atoms with E-state index in [-0.39, 0.29) is 35.4 Å². The number of aliphatic hydroxyl groups excluding tert-OH is 1. The van der Waals surface area contributed by atoms with E-state index in [2.05, 4.69) is 10.6 Å². The van der Waals surface area contributed by atoms with Gasteiger partial charge in [0.25, 0.3) is 11.6 Å². The molecule has 1 unspecified atom stereocenters. The molecule has 0 radical (unpaired) electrons. The van der Waals surface area contributed by atoms with Crippen LogP contribution in [-0.4, -0.2) is 34.6 Å². The number of benzene rings is 1. The zero-order valence-electron chi connectivity index (χ0n) is 11.7. The Kier molecular flexibility index (Phi) is 5.45. The van der Waals surface area contributed by atoms with E-state index < -0.39 is 11.0 Å². The lowest BCUT2D eigenvalue weighted by molar-refractivity contribution is -0.384. The van der Waals surface area contributed by atoms with E-state index in [4.69, 9.17) is 0 Å². The molecular formula is C13H19N3O4. The Morgan fingerprint density at radius 2 is 2.05 bits per heavy atom. The van der Waals surface area contributed by atoms with Crippen LogP contribution in [0.3, 0.4) is 0 Å². The number of carbonyl (C=O) groups excluding carboxylic acids is 1. The first-order valence-electron chi connectivity index (χ1n) is 6.32. The number of rotatable bonds is 6. The van der Waals surface area contributed by atoms with E-state index in [1.54, 1.807) is 6.92 Å². The van der Waals surface area contributed by atoms with E-state index in [1.165, 1.54) is 18.2 Å². The standard InChI is InChI=1S/C13H19N3O4/c1-8(2)15-13(18)10-4-5-11(14-7-9(3)17)12(6-10)16(19)20/h4-6,8-9,14,17H,7H2,1-3H3,(H,15,18). The van der Waals surface area contributed by atoms with Crippen molar-refractivity contribution in [2.75, 3.05) is 11.9 Å². The molecule has 0 heterocycles. The van der Waals surface area contributed by atoms with Crippen LogP contribution in [0.15, 0.2) is 18.2 Å². The van der Waals surface area contributed by atoms with E-state index in [0.29, 0.717) is 0 Å². The van der Waals surface area contributed by atoms with Crippen LogP contribution in [0.5, 0.6) is 0 Å². The molecule has 0 aliphatic rings. The van der Waals surface area contributed by atoms with E-state index in [1.807, 2.05) is 13.8 Å². The second-order valence-corrected chi connectivity index (χ2v) is 4.85. The van der Waals surface area contributed by atoms with Crippen molar-refractivity contribution < 1.29 is 14.8 Å². The highest BCUT2D eigenvalue weighted by molar-refractivity contribution is 5.95. The van der Waals surface area contributed by atoms with Gasteiger partial charge in [-0.15, -0.1) is 0 Å². The summed E-state index contributed by atoms with van der Waals surface area (Å²) in [5.74, 6) is -0.356. The summed E-state index contributed by atoms with van der Waals surface area (Å²) >= 11 is 0. The van der Waals surface area contributed by atoms with Gasteiger partial charge in [0.05, 0.1) is 11.0 Å². The Morgan fingerprint density at radius 3 is 2.55 bits per heavy atom. The van der Waals surface area contributed by atoms with Gasteiger partial charge in [-0.2, -0.15) is 0 Å². The topological polar surface area (TPSA) is 104 Å². The minimum atomic E-state index is -0.626. The van der Waals surface area contributed by atoms with Crippen molar-refractivity contribution >= 4 is 17.3 Å². The van der Waals surface area contributed by atoms with Gasteiger partial charge in [-0.05, 0) is 32.9 Å². The van der Waals surface area contributed by atoms with Crippen molar-refractivity contribution in [3.63, 3.8) is 0 Å². The van der Waals surface area contributed by atoms with Gasteiger partial charge in [-0.3, -0.25) is 14.9 Å². The normalized spacial score (nSPS) is 12.1. The van der Waals surface area contributed by atoms with Crippen molar-refractivity contribution in [1.29, 1.82) is 0 Å². The summed E-state index contributed by atoms with van der Waals surface area (Å²) in [6.07, 6.45) is -0.626. The van der Waals surface area contributed by atoms with Gasteiger partial charge in [-0.25, -0.2) is 0 Å². The minimum Gasteiger partial charge on any atom is -0.392 e. The lowest BCUT2D eigenvalue weighted by Crippen LogP contribution is -2.30. The third-order valence-corrected chi connectivity index (χ3v) is 2.46. The molecule has 3 N–H and O–H groups in total. The SMILES string of the molecule is CC(O)CNc1ccc(C(=O)NC(C)C)cc1[N+](=O)[O-]. The molecule has 0 spiro atoms. The molecule has 0 aliphatic heterocycles. The molecule has 0 aromatic heterocycles. The summed E-state index contributed by atoms with van der Waals surface area (Å²) in [4.78, 5) is 22.3. The van der Waals surface area contributed by atoms with Gasteiger partial charge in [0, 0.05) is 24.2 Å². The zero-order chi connectivity index (χ0) is 15.3. The molecule has 7 heteroatoms. The largest absolute Gasteiger partial charge is 0.392 e. The van der Waals surface area contributed by atoms with Crippen LogP contribution < -0.4 is 10.6 Å². The molecule has 1 aromatic carbocycles. The van der Waals surface area contributed by atoms with Gasteiger partial charge in [0.2, 0.25) is 0 Å². The van der Waals surface area contributed by atoms with Crippen molar-refractivity contribution in [2.24, 2.45) is 0 Å². The third kappa shape index (κ3) is 4.51. The summed E-state index contributed by atoms with van der Waals surface area (Å²) in [6.45, 7) is 5.39. The van der Waals surface area contributed by atoms with Crippen molar-refractivity contribution in [2.45, 2.75) is 32.9 Å². The van der Waals surface area contributed by atoms with Gasteiger partial charge < -0.3 is 15.7 Å². The van der Waals surface area contributed by atoms with Crippen LogP contribution in [0.2, 0.25) is 0 Å². The number of nitrogens with zero attached hydrogens (tertiary/aromatic N) is 1. The first-order valence-corrected chi connectivity index (χ1v) is 6.32. The molecule has 0 saturated heterocycles. The van der Waals surface area contributed by atoms with Crippen LogP contribution in [0.25, 0.3) is 0 Å². The molecule has 110 valence electrons. The van der Waals surface area contributed by atoms with Crippen molar-refractivity contribution in [1.82, 2.24) is 5.32 Å². The van der Waals surface area contributed by atoms with Crippen LogP contribution in [0.1, 0.15) is 31.1 Å². The third-order valence-electron chi connectivity index (χ3n) is 2.46. The number of nitro groups is 1. The Labute approximate surface area is 117 Å². The number of aliphatic hydroxyl groups is 1. The zero-order valence-corrected chi connectivity index (χ0v) is 11.7. The van der Waals surface area contributed by atoms with E-state index in [0.717, 1.165) is 0 Å². The first kappa shape index (κ1) is 15.9. The summed E-state index contributed by atoms with van der Waals surface area (Å²) in [5, 5.41) is 25.7. The fourth-order valence-electron chi connectivity index (χ4n) is 1.58. The van der Waals surface area contributed by atoms with Crippen molar-refractivity contribution in [3.8, 4) is 0 Å². The number of nitro benzene ring substituents is 1. The number of carbonyl (C=O) groups is 1. The quantitative estimate of drug-likeness (QED) is 0.541. The second-order valence-electron chi connectivity index (χ2n) is 4.85. The average Bonchev–Trinajstić information content (AvgIpc) is 2.35. The molecule has 0 aliphatic carbocycles. The Morgan fingerprint density at radius 1 is 1.40 bits per heavy atom. The molecule has 1 rings (SSSR count). The van der Waals surface area contributed by atoms with E-state index in [9.17, 15) is 20.0 Å². The highest BCUT2D eigenvalue weighted by atomic mass is 16.6. The molecular weight excluding hydrogens is 262 g/mol. The van der Waals surface area contributed by atoms with E-state index >= 15 is 0 Å². The Hall–Kier alpha value is -2.15. The maximum atomic E-state index is 11.8. The Balaban J connectivity index is 3.00. The van der Waals surface area contributed by atoms with Gasteiger partial charge in [0.1, 0.15) is 5.69 Å². The van der Waals surface area contributed by atoms with Crippen LogP contribution in [0, 0.1) is 10.1 Å². The number of anilines is 1. The van der Waals surface area contributed by atoms with Crippen molar-refractivity contribution in [3.05, 3.63) is 33.9 Å². The molecule has 0 saturated carbocycles. The van der Waals surface area contributed by atoms with Gasteiger partial charge in [-0.1, -0.05) is 0 Å². The highest BCUT2D eigenvalue weighted by Gasteiger charge is 2.18. The number of nitrogens with one attached hydrogen (secondary N) is 2. The minimum absolute atomic E-state index is 0.0467. The summed E-state index contributed by atoms with van der Waals surface area (Å²) in [7, 11) is 0.